The molecule has 1 N–H and O–H groups in total. The van der Waals surface area contributed by atoms with Crippen LogP contribution in [0.15, 0.2) is 18.2 Å². The molecule has 1 aromatic carbocycles. The van der Waals surface area contributed by atoms with Crippen LogP contribution in [0.4, 0.5) is 0 Å². The molecule has 2 nitrogen and oxygen atoms in total. The van der Waals surface area contributed by atoms with Gasteiger partial charge in [-0.3, -0.25) is 0 Å². The fraction of sp³-hybridized carbons (Fsp3) is 0.222. The first-order chi connectivity index (χ1) is 5.24. The van der Waals surface area contributed by atoms with Crippen LogP contribution in [0.2, 0.25) is 0 Å². The summed E-state index contributed by atoms with van der Waals surface area (Å²) in [4.78, 5) is 0. The van der Waals surface area contributed by atoms with E-state index in [0.29, 0.717) is 6.42 Å². The fourth-order valence-corrected chi connectivity index (χ4v) is 0.919. The molecule has 0 unspecified atom stereocenters. The van der Waals surface area contributed by atoms with Crippen LogP contribution in [-0.4, -0.2) is 5.11 Å². The van der Waals surface area contributed by atoms with E-state index in [2.05, 4.69) is 0 Å². The normalized spacial score (nSPS) is 9.09. The molecule has 0 heterocycles. The average molecular weight is 147 g/mol. The van der Waals surface area contributed by atoms with Gasteiger partial charge >= 0.3 is 0 Å². The molecule has 0 aliphatic heterocycles. The minimum absolute atomic E-state index is 0.284. The van der Waals surface area contributed by atoms with Gasteiger partial charge in [0.05, 0.1) is 12.5 Å². The Morgan fingerprint density at radius 3 is 2.82 bits per heavy atom. The first-order valence-electron chi connectivity index (χ1n) is 3.39. The van der Waals surface area contributed by atoms with Gasteiger partial charge in [-0.2, -0.15) is 5.26 Å². The van der Waals surface area contributed by atoms with Crippen molar-refractivity contribution < 1.29 is 5.11 Å². The van der Waals surface area contributed by atoms with E-state index < -0.39 is 0 Å². The molecule has 0 aliphatic carbocycles. The van der Waals surface area contributed by atoms with Crippen molar-refractivity contribution in [1.29, 1.82) is 5.26 Å². The maximum atomic E-state index is 9.13. The molecule has 0 aromatic heterocycles. The highest BCUT2D eigenvalue weighted by Crippen LogP contribution is 2.16. The van der Waals surface area contributed by atoms with E-state index in [1.807, 2.05) is 19.1 Å². The molecule has 2 heteroatoms. The Morgan fingerprint density at radius 2 is 2.27 bits per heavy atom. The van der Waals surface area contributed by atoms with Crippen LogP contribution in [0.5, 0.6) is 5.75 Å². The summed E-state index contributed by atoms with van der Waals surface area (Å²) in [6, 6.07) is 7.24. The number of hydrogen-bond donors (Lipinski definition) is 1. The fourth-order valence-electron chi connectivity index (χ4n) is 0.919. The molecule has 56 valence electrons. The van der Waals surface area contributed by atoms with Gasteiger partial charge in [0.15, 0.2) is 0 Å². The van der Waals surface area contributed by atoms with Gasteiger partial charge in [-0.05, 0) is 24.1 Å². The van der Waals surface area contributed by atoms with Crippen LogP contribution in [0.25, 0.3) is 0 Å². The maximum absolute atomic E-state index is 9.13. The lowest BCUT2D eigenvalue weighted by molar-refractivity contribution is 0.471. The van der Waals surface area contributed by atoms with Gasteiger partial charge in [0.25, 0.3) is 0 Å². The third kappa shape index (κ3) is 1.71. The summed E-state index contributed by atoms with van der Waals surface area (Å²) in [6.45, 7) is 1.82. The zero-order chi connectivity index (χ0) is 8.27. The Labute approximate surface area is 65.7 Å². The lowest BCUT2D eigenvalue weighted by Crippen LogP contribution is -1.82. The van der Waals surface area contributed by atoms with Gasteiger partial charge in [-0.15, -0.1) is 0 Å². The molecule has 0 spiro atoms. The Kier molecular flexibility index (Phi) is 2.12. The number of aromatic hydroxyl groups is 1. The smallest absolute Gasteiger partial charge is 0.118 e. The Bertz CT molecular complexity index is 299. The van der Waals surface area contributed by atoms with Crippen molar-refractivity contribution in [2.45, 2.75) is 13.3 Å². The van der Waals surface area contributed by atoms with Crippen LogP contribution < -0.4 is 0 Å². The van der Waals surface area contributed by atoms with Gasteiger partial charge < -0.3 is 5.11 Å². The van der Waals surface area contributed by atoms with Crippen LogP contribution in [0.1, 0.15) is 11.1 Å². The van der Waals surface area contributed by atoms with E-state index in [1.54, 1.807) is 12.1 Å². The van der Waals surface area contributed by atoms with E-state index in [-0.39, 0.29) is 5.75 Å². The first kappa shape index (κ1) is 7.62. The van der Waals surface area contributed by atoms with Crippen molar-refractivity contribution >= 4 is 0 Å². The molecule has 0 fully saturated rings. The highest BCUT2D eigenvalue weighted by molar-refractivity contribution is 5.35. The number of rotatable bonds is 1. The molecule has 0 amide bonds. The molecule has 0 radical (unpaired) electrons. The van der Waals surface area contributed by atoms with Crippen molar-refractivity contribution in [3.05, 3.63) is 29.3 Å². The van der Waals surface area contributed by atoms with Gasteiger partial charge in [0, 0.05) is 0 Å². The summed E-state index contributed by atoms with van der Waals surface area (Å²) in [5.74, 6) is 0.284. The minimum atomic E-state index is 0.284. The number of hydrogen-bond acceptors (Lipinski definition) is 2. The number of nitriles is 1. The summed E-state index contributed by atoms with van der Waals surface area (Å²) in [5, 5.41) is 17.5. The third-order valence-electron chi connectivity index (χ3n) is 1.54. The Hall–Kier alpha value is -1.49. The van der Waals surface area contributed by atoms with Gasteiger partial charge in [0.1, 0.15) is 5.75 Å². The quantitative estimate of drug-likeness (QED) is 0.657. The number of aryl methyl sites for hydroxylation is 1. The number of phenols is 1. The average Bonchev–Trinajstić information content (AvgIpc) is 1.98. The molecule has 1 rings (SSSR count). The summed E-state index contributed by atoms with van der Waals surface area (Å²) >= 11 is 0. The van der Waals surface area contributed by atoms with Gasteiger partial charge in [-0.1, -0.05) is 12.1 Å². The van der Waals surface area contributed by atoms with E-state index in [4.69, 9.17) is 10.4 Å². The lowest BCUT2D eigenvalue weighted by Gasteiger charge is -1.99. The van der Waals surface area contributed by atoms with E-state index in [1.165, 1.54) is 0 Å². The largest absolute Gasteiger partial charge is 0.508 e. The third-order valence-corrected chi connectivity index (χ3v) is 1.54. The monoisotopic (exact) mass is 147 g/mol. The summed E-state index contributed by atoms with van der Waals surface area (Å²) in [5.41, 5.74) is 1.76. The molecular weight excluding hydrogens is 138 g/mol. The number of nitrogens with zero attached hydrogens (tertiary/aromatic N) is 1. The molecule has 1 aromatic rings. The highest BCUT2D eigenvalue weighted by Gasteiger charge is 1.96. The lowest BCUT2D eigenvalue weighted by atomic mass is 10.1. The summed E-state index contributed by atoms with van der Waals surface area (Å²) in [7, 11) is 0. The Morgan fingerprint density at radius 1 is 1.55 bits per heavy atom. The van der Waals surface area contributed by atoms with Crippen molar-refractivity contribution in [3.63, 3.8) is 0 Å². The second kappa shape index (κ2) is 3.07. The zero-order valence-corrected chi connectivity index (χ0v) is 6.33. The predicted molar refractivity (Wildman–Crippen MR) is 42.2 cm³/mol. The van der Waals surface area contributed by atoms with Crippen molar-refractivity contribution in [2.75, 3.05) is 0 Å². The summed E-state index contributed by atoms with van der Waals surface area (Å²) in [6.07, 6.45) is 0.404. The van der Waals surface area contributed by atoms with Crippen molar-refractivity contribution in [1.82, 2.24) is 0 Å². The molecule has 0 aliphatic rings. The van der Waals surface area contributed by atoms with Crippen LogP contribution >= 0.6 is 0 Å². The highest BCUT2D eigenvalue weighted by atomic mass is 16.3. The molecule has 0 bridgehead atoms. The second-order valence-electron chi connectivity index (χ2n) is 2.46. The van der Waals surface area contributed by atoms with E-state index in [0.717, 1.165) is 11.1 Å². The summed E-state index contributed by atoms with van der Waals surface area (Å²) < 4.78 is 0. The van der Waals surface area contributed by atoms with Crippen LogP contribution in [0.3, 0.4) is 0 Å². The van der Waals surface area contributed by atoms with Gasteiger partial charge in [0.2, 0.25) is 0 Å². The zero-order valence-electron chi connectivity index (χ0n) is 6.33. The standard InChI is InChI=1S/C9H9NO/c1-7-6-8(4-5-10)2-3-9(7)11/h2-3,6,11H,4H2,1H3. The van der Waals surface area contributed by atoms with Crippen molar-refractivity contribution in [3.8, 4) is 11.8 Å². The molecular formula is C9H9NO. The van der Waals surface area contributed by atoms with Gasteiger partial charge in [-0.25, -0.2) is 0 Å². The van der Waals surface area contributed by atoms with Crippen LogP contribution in [-0.2, 0) is 6.42 Å². The van der Waals surface area contributed by atoms with E-state index in [9.17, 15) is 0 Å². The molecule has 0 atom stereocenters. The first-order valence-corrected chi connectivity index (χ1v) is 3.39. The Balaban J connectivity index is 2.98. The predicted octanol–water partition coefficient (Wildman–Crippen LogP) is 1.77. The molecule has 11 heavy (non-hydrogen) atoms. The van der Waals surface area contributed by atoms with Crippen LogP contribution in [0, 0.1) is 18.3 Å². The molecule has 0 saturated carbocycles. The second-order valence-corrected chi connectivity index (χ2v) is 2.46. The SMILES string of the molecule is Cc1cc(CC#N)ccc1O. The molecule has 0 saturated heterocycles. The number of benzene rings is 1. The topological polar surface area (TPSA) is 44.0 Å². The maximum Gasteiger partial charge on any atom is 0.118 e. The van der Waals surface area contributed by atoms with E-state index >= 15 is 0 Å². The number of phenolic OH excluding ortho intramolecular Hbond substituents is 1. The minimum Gasteiger partial charge on any atom is -0.508 e. The van der Waals surface area contributed by atoms with Crippen molar-refractivity contribution in [2.24, 2.45) is 0 Å².